The second-order valence-electron chi connectivity index (χ2n) is 6.43. The standard InChI is InChI=1S/C21H18N2O3S4/c24-21(23(14-18-4-1-11-27-18)15-19-5-2-12-28-19)16-7-9-17(10-8-16)22-30(25,26)20-6-3-13-29-20/h1-13,22H,14-15H2. The molecule has 0 saturated heterocycles. The fourth-order valence-electron chi connectivity index (χ4n) is 2.87. The molecular formula is C21H18N2O3S4. The molecule has 0 atom stereocenters. The van der Waals surface area contributed by atoms with Gasteiger partial charge in [-0.05, 0) is 58.6 Å². The first-order valence-corrected chi connectivity index (χ1v) is 13.1. The van der Waals surface area contributed by atoms with Crippen molar-refractivity contribution in [2.45, 2.75) is 17.3 Å². The van der Waals surface area contributed by atoms with Crippen molar-refractivity contribution in [3.05, 3.63) is 92.1 Å². The summed E-state index contributed by atoms with van der Waals surface area (Å²) in [4.78, 5) is 17.2. The second-order valence-corrected chi connectivity index (χ2v) is 11.4. The summed E-state index contributed by atoms with van der Waals surface area (Å²) in [6, 6.07) is 17.8. The minimum atomic E-state index is -3.61. The van der Waals surface area contributed by atoms with E-state index in [2.05, 4.69) is 4.72 Å². The highest BCUT2D eigenvalue weighted by Crippen LogP contribution is 2.22. The number of nitrogens with zero attached hydrogens (tertiary/aromatic N) is 1. The van der Waals surface area contributed by atoms with Crippen molar-refractivity contribution in [1.82, 2.24) is 4.90 Å². The molecule has 0 aliphatic carbocycles. The zero-order valence-electron chi connectivity index (χ0n) is 15.7. The fraction of sp³-hybridized carbons (Fsp3) is 0.0952. The lowest BCUT2D eigenvalue weighted by molar-refractivity contribution is 0.0733. The molecule has 3 heterocycles. The van der Waals surface area contributed by atoms with Crippen LogP contribution in [-0.4, -0.2) is 19.2 Å². The van der Waals surface area contributed by atoms with E-state index in [9.17, 15) is 13.2 Å². The number of benzene rings is 1. The number of carbonyl (C=O) groups is 1. The monoisotopic (exact) mass is 474 g/mol. The molecule has 4 rings (SSSR count). The molecule has 0 unspecified atom stereocenters. The van der Waals surface area contributed by atoms with Crippen LogP contribution in [0.1, 0.15) is 20.1 Å². The average Bonchev–Trinajstić information content (AvgIpc) is 3.50. The molecule has 0 fully saturated rings. The van der Waals surface area contributed by atoms with Crippen LogP contribution in [0.4, 0.5) is 5.69 Å². The van der Waals surface area contributed by atoms with Crippen LogP contribution in [0.5, 0.6) is 0 Å². The molecule has 0 aliphatic heterocycles. The highest BCUT2D eigenvalue weighted by molar-refractivity contribution is 7.94. The zero-order chi connectivity index (χ0) is 21.0. The van der Waals surface area contributed by atoms with Crippen LogP contribution < -0.4 is 4.72 Å². The third-order valence-electron chi connectivity index (χ3n) is 4.28. The van der Waals surface area contributed by atoms with Crippen LogP contribution in [0.15, 0.2) is 81.0 Å². The predicted octanol–water partition coefficient (Wildman–Crippen LogP) is 5.51. The number of rotatable bonds is 8. The van der Waals surface area contributed by atoms with Crippen LogP contribution in [-0.2, 0) is 23.1 Å². The molecule has 1 aromatic carbocycles. The van der Waals surface area contributed by atoms with E-state index in [4.69, 9.17) is 0 Å². The molecule has 0 radical (unpaired) electrons. The van der Waals surface area contributed by atoms with E-state index >= 15 is 0 Å². The summed E-state index contributed by atoms with van der Waals surface area (Å²) in [5.74, 6) is -0.0931. The molecule has 0 saturated carbocycles. The van der Waals surface area contributed by atoms with Crippen molar-refractivity contribution in [2.24, 2.45) is 0 Å². The van der Waals surface area contributed by atoms with E-state index in [0.29, 0.717) is 24.3 Å². The van der Waals surface area contributed by atoms with Crippen molar-refractivity contribution in [1.29, 1.82) is 0 Å². The maximum atomic E-state index is 13.2. The smallest absolute Gasteiger partial charge is 0.271 e. The van der Waals surface area contributed by atoms with Crippen molar-refractivity contribution >= 4 is 55.6 Å². The van der Waals surface area contributed by atoms with E-state index in [1.165, 1.54) is 0 Å². The van der Waals surface area contributed by atoms with Crippen LogP contribution in [0.2, 0.25) is 0 Å². The predicted molar refractivity (Wildman–Crippen MR) is 124 cm³/mol. The quantitative estimate of drug-likeness (QED) is 0.366. The Morgan fingerprint density at radius 1 is 0.800 bits per heavy atom. The molecule has 3 aromatic heterocycles. The molecule has 5 nitrogen and oxygen atoms in total. The first kappa shape index (κ1) is 20.8. The molecule has 0 spiro atoms. The first-order valence-electron chi connectivity index (χ1n) is 9.02. The molecule has 4 aromatic rings. The third kappa shape index (κ3) is 4.99. The second kappa shape index (κ2) is 9.13. The van der Waals surface area contributed by atoms with E-state index in [1.807, 2.05) is 39.9 Å². The summed E-state index contributed by atoms with van der Waals surface area (Å²) in [5, 5.41) is 5.71. The van der Waals surface area contributed by atoms with Crippen LogP contribution in [0.3, 0.4) is 0 Å². The van der Waals surface area contributed by atoms with Crippen molar-refractivity contribution in [3.8, 4) is 0 Å². The molecule has 30 heavy (non-hydrogen) atoms. The van der Waals surface area contributed by atoms with Gasteiger partial charge in [-0.1, -0.05) is 18.2 Å². The Morgan fingerprint density at radius 3 is 1.87 bits per heavy atom. The molecule has 1 amide bonds. The minimum Gasteiger partial charge on any atom is -0.328 e. The van der Waals surface area contributed by atoms with E-state index in [1.54, 1.807) is 64.5 Å². The third-order valence-corrected chi connectivity index (χ3v) is 8.79. The molecule has 9 heteroatoms. The van der Waals surface area contributed by atoms with Gasteiger partial charge in [0.15, 0.2) is 0 Å². The Balaban J connectivity index is 1.51. The Labute approximate surface area is 187 Å². The molecule has 0 bridgehead atoms. The van der Waals surface area contributed by atoms with Gasteiger partial charge < -0.3 is 4.90 Å². The number of anilines is 1. The van der Waals surface area contributed by atoms with E-state index in [0.717, 1.165) is 21.1 Å². The molecule has 154 valence electrons. The van der Waals surface area contributed by atoms with Gasteiger partial charge in [0.25, 0.3) is 15.9 Å². The Morgan fingerprint density at radius 2 is 1.37 bits per heavy atom. The number of amides is 1. The first-order chi connectivity index (χ1) is 14.5. The maximum absolute atomic E-state index is 13.2. The molecule has 0 aliphatic rings. The van der Waals surface area contributed by atoms with Gasteiger partial charge in [-0.3, -0.25) is 9.52 Å². The molecular weight excluding hydrogens is 457 g/mol. The van der Waals surface area contributed by atoms with Gasteiger partial charge in [-0.15, -0.1) is 34.0 Å². The van der Waals surface area contributed by atoms with Crippen molar-refractivity contribution < 1.29 is 13.2 Å². The Bertz CT molecular complexity index is 1150. The Kier molecular flexibility index (Phi) is 6.33. The summed E-state index contributed by atoms with van der Waals surface area (Å²) < 4.78 is 27.5. The number of sulfonamides is 1. The SMILES string of the molecule is O=C(c1ccc(NS(=O)(=O)c2cccs2)cc1)N(Cc1cccs1)Cc1cccs1. The Hall–Kier alpha value is -2.46. The van der Waals surface area contributed by atoms with Gasteiger partial charge in [-0.25, -0.2) is 8.42 Å². The zero-order valence-corrected chi connectivity index (χ0v) is 19.0. The lowest BCUT2D eigenvalue weighted by atomic mass is 10.1. The summed E-state index contributed by atoms with van der Waals surface area (Å²) in [6.45, 7) is 1.06. The summed E-state index contributed by atoms with van der Waals surface area (Å²) in [6.07, 6.45) is 0. The maximum Gasteiger partial charge on any atom is 0.271 e. The van der Waals surface area contributed by atoms with Gasteiger partial charge in [0.2, 0.25) is 0 Å². The van der Waals surface area contributed by atoms with Crippen LogP contribution in [0.25, 0.3) is 0 Å². The van der Waals surface area contributed by atoms with Crippen molar-refractivity contribution in [2.75, 3.05) is 4.72 Å². The summed E-state index contributed by atoms with van der Waals surface area (Å²) >= 11 is 4.39. The number of hydrogen-bond donors (Lipinski definition) is 1. The fourth-order valence-corrected chi connectivity index (χ4v) is 6.36. The topological polar surface area (TPSA) is 66.5 Å². The minimum absolute atomic E-state index is 0.0931. The highest BCUT2D eigenvalue weighted by atomic mass is 32.2. The van der Waals surface area contributed by atoms with Crippen LogP contribution >= 0.6 is 34.0 Å². The summed E-state index contributed by atoms with van der Waals surface area (Å²) in [7, 11) is -3.61. The highest BCUT2D eigenvalue weighted by Gasteiger charge is 2.19. The van der Waals surface area contributed by atoms with Gasteiger partial charge in [0, 0.05) is 21.0 Å². The lowest BCUT2D eigenvalue weighted by Gasteiger charge is -2.22. The number of hydrogen-bond acceptors (Lipinski definition) is 6. The van der Waals surface area contributed by atoms with E-state index < -0.39 is 10.0 Å². The van der Waals surface area contributed by atoms with Gasteiger partial charge in [0.1, 0.15) is 4.21 Å². The van der Waals surface area contributed by atoms with Crippen LogP contribution in [0, 0.1) is 0 Å². The largest absolute Gasteiger partial charge is 0.328 e. The summed E-state index contributed by atoms with van der Waals surface area (Å²) in [5.41, 5.74) is 0.935. The van der Waals surface area contributed by atoms with Gasteiger partial charge >= 0.3 is 0 Å². The van der Waals surface area contributed by atoms with E-state index in [-0.39, 0.29) is 10.1 Å². The lowest BCUT2D eigenvalue weighted by Crippen LogP contribution is -2.29. The normalized spacial score (nSPS) is 11.3. The van der Waals surface area contributed by atoms with Gasteiger partial charge in [0.05, 0.1) is 13.1 Å². The number of carbonyl (C=O) groups excluding carboxylic acids is 1. The number of thiophene rings is 3. The molecule has 1 N–H and O–H groups in total. The van der Waals surface area contributed by atoms with Crippen molar-refractivity contribution in [3.63, 3.8) is 0 Å². The average molecular weight is 475 g/mol. The van der Waals surface area contributed by atoms with Gasteiger partial charge in [-0.2, -0.15) is 0 Å². The number of nitrogens with one attached hydrogen (secondary N) is 1.